The fraction of sp³-hybridized carbons (Fsp3) is 0.412. The van der Waals surface area contributed by atoms with Crippen molar-refractivity contribution < 1.29 is 0 Å². The second kappa shape index (κ2) is 5.13. The van der Waals surface area contributed by atoms with Gasteiger partial charge in [0, 0.05) is 18.0 Å². The Balaban J connectivity index is 2.10. The number of anilines is 1. The lowest BCUT2D eigenvalue weighted by atomic mass is 9.92. The zero-order valence-electron chi connectivity index (χ0n) is 12.0. The molecule has 3 heteroatoms. The first-order valence-electron chi connectivity index (χ1n) is 7.27. The highest BCUT2D eigenvalue weighted by molar-refractivity contribution is 5.86. The third kappa shape index (κ3) is 2.12. The number of piperidine rings is 1. The summed E-state index contributed by atoms with van der Waals surface area (Å²) in [6, 6.07) is 12.6. The molecule has 0 saturated carbocycles. The fourth-order valence-electron chi connectivity index (χ4n) is 3.06. The van der Waals surface area contributed by atoms with E-state index >= 15 is 0 Å². The van der Waals surface area contributed by atoms with Crippen LogP contribution in [0.5, 0.6) is 0 Å². The summed E-state index contributed by atoms with van der Waals surface area (Å²) < 4.78 is 0. The lowest BCUT2D eigenvalue weighted by Gasteiger charge is -2.39. The van der Waals surface area contributed by atoms with Gasteiger partial charge in [-0.25, -0.2) is 4.98 Å². The van der Waals surface area contributed by atoms with Gasteiger partial charge in [0.05, 0.1) is 17.1 Å². The Bertz CT molecular complexity index is 671. The van der Waals surface area contributed by atoms with Crippen LogP contribution in [0, 0.1) is 17.2 Å². The van der Waals surface area contributed by atoms with Crippen molar-refractivity contribution in [3.05, 3.63) is 35.9 Å². The van der Waals surface area contributed by atoms with E-state index in [0.717, 1.165) is 28.8 Å². The van der Waals surface area contributed by atoms with E-state index in [-0.39, 0.29) is 0 Å². The average molecular weight is 265 g/mol. The molecule has 2 atom stereocenters. The Kier molecular flexibility index (Phi) is 3.31. The molecule has 2 aromatic rings. The van der Waals surface area contributed by atoms with Gasteiger partial charge in [-0.2, -0.15) is 5.26 Å². The van der Waals surface area contributed by atoms with Gasteiger partial charge in [0.25, 0.3) is 0 Å². The summed E-state index contributed by atoms with van der Waals surface area (Å²) in [5.74, 6) is 1.61. The molecule has 102 valence electrons. The predicted molar refractivity (Wildman–Crippen MR) is 81.7 cm³/mol. The second-order valence-corrected chi connectivity index (χ2v) is 5.71. The molecule has 1 aromatic heterocycles. The van der Waals surface area contributed by atoms with Crippen molar-refractivity contribution in [2.45, 2.75) is 32.7 Å². The minimum absolute atomic E-state index is 0.476. The normalized spacial score (nSPS) is 22.8. The van der Waals surface area contributed by atoms with Gasteiger partial charge in [-0.1, -0.05) is 25.1 Å². The predicted octanol–water partition coefficient (Wildman–Crippen LogP) is 3.73. The Hall–Kier alpha value is -2.08. The molecule has 1 aliphatic heterocycles. The summed E-state index contributed by atoms with van der Waals surface area (Å²) in [4.78, 5) is 7.12. The number of benzene rings is 1. The Labute approximate surface area is 119 Å². The Morgan fingerprint density at radius 1 is 1.30 bits per heavy atom. The van der Waals surface area contributed by atoms with Crippen LogP contribution in [0.1, 0.15) is 32.3 Å². The number of hydrogen-bond donors (Lipinski definition) is 0. The van der Waals surface area contributed by atoms with E-state index in [4.69, 9.17) is 4.98 Å². The van der Waals surface area contributed by atoms with Crippen LogP contribution in [-0.2, 0) is 0 Å². The molecule has 1 aliphatic rings. The third-order valence-corrected chi connectivity index (χ3v) is 4.49. The number of hydrogen-bond acceptors (Lipinski definition) is 3. The number of para-hydroxylation sites is 1. The number of pyridine rings is 1. The molecule has 0 aliphatic carbocycles. The van der Waals surface area contributed by atoms with E-state index in [1.807, 2.05) is 30.3 Å². The molecule has 1 aromatic carbocycles. The first-order chi connectivity index (χ1) is 9.70. The van der Waals surface area contributed by atoms with Gasteiger partial charge < -0.3 is 4.90 Å². The van der Waals surface area contributed by atoms with Crippen LogP contribution in [0.15, 0.2) is 30.3 Å². The summed E-state index contributed by atoms with van der Waals surface area (Å²) >= 11 is 0. The van der Waals surface area contributed by atoms with E-state index in [1.54, 1.807) is 0 Å². The fourth-order valence-corrected chi connectivity index (χ4v) is 3.06. The summed E-state index contributed by atoms with van der Waals surface area (Å²) in [6.07, 6.45) is 2.47. The highest BCUT2D eigenvalue weighted by atomic mass is 15.2. The zero-order valence-corrected chi connectivity index (χ0v) is 12.0. The van der Waals surface area contributed by atoms with Crippen LogP contribution in [-0.4, -0.2) is 17.6 Å². The minimum atomic E-state index is 0.476. The van der Waals surface area contributed by atoms with Gasteiger partial charge in [0.1, 0.15) is 5.82 Å². The minimum Gasteiger partial charge on any atom is -0.354 e. The molecule has 3 rings (SSSR count). The maximum Gasteiger partial charge on any atom is 0.130 e. The molecule has 2 unspecified atom stereocenters. The monoisotopic (exact) mass is 265 g/mol. The lowest BCUT2D eigenvalue weighted by molar-refractivity contribution is 0.362. The summed E-state index contributed by atoms with van der Waals surface area (Å²) in [5.41, 5.74) is 1.63. The molecule has 0 bridgehead atoms. The number of nitrogens with zero attached hydrogens (tertiary/aromatic N) is 3. The lowest BCUT2D eigenvalue weighted by Crippen LogP contribution is -2.42. The number of rotatable bonds is 1. The quantitative estimate of drug-likeness (QED) is 0.788. The standard InChI is InChI=1S/C17H19N3/c1-12-6-5-9-20(13(12)2)17-10-14(11-18)15-7-3-4-8-16(15)19-17/h3-4,7-8,10,12-13H,5-6,9H2,1-2H3. The van der Waals surface area contributed by atoms with Gasteiger partial charge in [-0.05, 0) is 37.8 Å². The maximum absolute atomic E-state index is 9.38. The number of aromatic nitrogens is 1. The van der Waals surface area contributed by atoms with Crippen LogP contribution < -0.4 is 4.90 Å². The van der Waals surface area contributed by atoms with E-state index in [0.29, 0.717) is 12.0 Å². The van der Waals surface area contributed by atoms with Gasteiger partial charge in [0.2, 0.25) is 0 Å². The van der Waals surface area contributed by atoms with Crippen LogP contribution in [0.4, 0.5) is 5.82 Å². The van der Waals surface area contributed by atoms with Crippen LogP contribution in [0.3, 0.4) is 0 Å². The second-order valence-electron chi connectivity index (χ2n) is 5.71. The highest BCUT2D eigenvalue weighted by Gasteiger charge is 2.26. The van der Waals surface area contributed by atoms with Gasteiger partial charge in [0.15, 0.2) is 0 Å². The Morgan fingerprint density at radius 3 is 2.90 bits per heavy atom. The number of nitriles is 1. The highest BCUT2D eigenvalue weighted by Crippen LogP contribution is 2.29. The van der Waals surface area contributed by atoms with Crippen LogP contribution >= 0.6 is 0 Å². The van der Waals surface area contributed by atoms with E-state index < -0.39 is 0 Å². The van der Waals surface area contributed by atoms with E-state index in [1.165, 1.54) is 12.8 Å². The molecule has 0 amide bonds. The molecule has 1 saturated heterocycles. The van der Waals surface area contributed by atoms with Crippen molar-refractivity contribution in [3.63, 3.8) is 0 Å². The van der Waals surface area contributed by atoms with Crippen LogP contribution in [0.2, 0.25) is 0 Å². The van der Waals surface area contributed by atoms with Crippen LogP contribution in [0.25, 0.3) is 10.9 Å². The van der Waals surface area contributed by atoms with Gasteiger partial charge >= 0.3 is 0 Å². The first kappa shape index (κ1) is 12.9. The topological polar surface area (TPSA) is 39.9 Å². The van der Waals surface area contributed by atoms with Crippen molar-refractivity contribution in [2.75, 3.05) is 11.4 Å². The first-order valence-corrected chi connectivity index (χ1v) is 7.27. The third-order valence-electron chi connectivity index (χ3n) is 4.49. The zero-order chi connectivity index (χ0) is 14.1. The van der Waals surface area contributed by atoms with Crippen molar-refractivity contribution in [1.82, 2.24) is 4.98 Å². The Morgan fingerprint density at radius 2 is 2.10 bits per heavy atom. The molecule has 20 heavy (non-hydrogen) atoms. The summed E-state index contributed by atoms with van der Waals surface area (Å²) in [7, 11) is 0. The molecule has 0 N–H and O–H groups in total. The molecule has 1 fully saturated rings. The summed E-state index contributed by atoms with van der Waals surface area (Å²) in [6.45, 7) is 5.58. The van der Waals surface area contributed by atoms with Gasteiger partial charge in [-0.15, -0.1) is 0 Å². The van der Waals surface area contributed by atoms with Crippen molar-refractivity contribution in [2.24, 2.45) is 5.92 Å². The number of fused-ring (bicyclic) bond motifs is 1. The van der Waals surface area contributed by atoms with E-state index in [2.05, 4.69) is 24.8 Å². The largest absolute Gasteiger partial charge is 0.354 e. The summed E-state index contributed by atoms with van der Waals surface area (Å²) in [5, 5.41) is 10.3. The molecule has 0 spiro atoms. The van der Waals surface area contributed by atoms with Gasteiger partial charge in [-0.3, -0.25) is 0 Å². The maximum atomic E-state index is 9.38. The van der Waals surface area contributed by atoms with Crippen molar-refractivity contribution in [1.29, 1.82) is 5.26 Å². The average Bonchev–Trinajstić information content (AvgIpc) is 2.49. The van der Waals surface area contributed by atoms with Crippen molar-refractivity contribution >= 4 is 16.7 Å². The van der Waals surface area contributed by atoms with E-state index in [9.17, 15) is 5.26 Å². The molecule has 3 nitrogen and oxygen atoms in total. The molecule has 0 radical (unpaired) electrons. The smallest absolute Gasteiger partial charge is 0.130 e. The SMILES string of the molecule is CC1CCCN(c2cc(C#N)c3ccccc3n2)C1C. The van der Waals surface area contributed by atoms with Crippen molar-refractivity contribution in [3.8, 4) is 6.07 Å². The molecular weight excluding hydrogens is 246 g/mol. The molecule has 2 heterocycles. The molecular formula is C17H19N3.